The Balaban J connectivity index is 0.000000493. The molecule has 3 rings (SSSR count). The average molecular weight is 507 g/mol. The first-order chi connectivity index (χ1) is 17.2. The molecule has 2 atom stereocenters. The summed E-state index contributed by atoms with van der Waals surface area (Å²) in [5, 5.41) is 8.01. The highest BCUT2D eigenvalue weighted by Crippen LogP contribution is 2.24. The second kappa shape index (κ2) is 14.0. The van der Waals surface area contributed by atoms with E-state index in [1.165, 1.54) is 17.3 Å². The maximum Gasteiger partial charge on any atom is 0.183 e. The van der Waals surface area contributed by atoms with Gasteiger partial charge in [0, 0.05) is 43.0 Å². The summed E-state index contributed by atoms with van der Waals surface area (Å²) < 4.78 is 41.9. The van der Waals surface area contributed by atoms with Gasteiger partial charge in [0.25, 0.3) is 0 Å². The van der Waals surface area contributed by atoms with Gasteiger partial charge < -0.3 is 26.4 Å². The molecule has 0 unspecified atom stereocenters. The van der Waals surface area contributed by atoms with Crippen molar-refractivity contribution in [2.75, 3.05) is 14.1 Å². The fourth-order valence-corrected chi connectivity index (χ4v) is 3.88. The molecule has 1 aromatic heterocycles. The van der Waals surface area contributed by atoms with Crippen molar-refractivity contribution in [1.29, 1.82) is 0 Å². The molecule has 0 spiro atoms. The summed E-state index contributed by atoms with van der Waals surface area (Å²) >= 11 is 0. The number of hydrogen-bond donors (Lipinski definition) is 5. The van der Waals surface area contributed by atoms with Gasteiger partial charge in [-0.15, -0.1) is 0 Å². The SMILES string of the molecule is C=N/C=C(/F)C(=NCc1c[nH]c2c(F)cc(F)cc12)N[C@H]1CCC[C@@H](NC)C1.CN(N)/C=C(\N)C=O. The molecule has 0 amide bonds. The first-order valence-electron chi connectivity index (χ1n) is 11.3. The van der Waals surface area contributed by atoms with E-state index in [1.807, 2.05) is 7.05 Å². The minimum atomic E-state index is -0.675. The number of amidine groups is 1. The largest absolute Gasteiger partial charge is 0.395 e. The predicted molar refractivity (Wildman–Crippen MR) is 137 cm³/mol. The molecule has 9 nitrogen and oxygen atoms in total. The van der Waals surface area contributed by atoms with E-state index in [0.717, 1.165) is 37.9 Å². The van der Waals surface area contributed by atoms with Crippen LogP contribution in [0.4, 0.5) is 13.2 Å². The number of halogens is 3. The number of carbonyl (C=O) groups is 1. The van der Waals surface area contributed by atoms with Crippen LogP contribution in [0, 0.1) is 11.6 Å². The van der Waals surface area contributed by atoms with E-state index in [9.17, 15) is 18.0 Å². The van der Waals surface area contributed by atoms with Crippen LogP contribution >= 0.6 is 0 Å². The molecular formula is C24H33F3N8O. The first-order valence-corrected chi connectivity index (χ1v) is 11.3. The van der Waals surface area contributed by atoms with Gasteiger partial charge in [-0.2, -0.15) is 0 Å². The zero-order chi connectivity index (χ0) is 26.7. The third-order valence-corrected chi connectivity index (χ3v) is 5.54. The van der Waals surface area contributed by atoms with Gasteiger partial charge in [-0.3, -0.25) is 14.8 Å². The van der Waals surface area contributed by atoms with Crippen LogP contribution in [-0.2, 0) is 11.3 Å². The Bertz CT molecular complexity index is 1130. The fraction of sp³-hybridized carbons (Fsp3) is 0.375. The lowest BCUT2D eigenvalue weighted by molar-refractivity contribution is -0.105. The fourth-order valence-electron chi connectivity index (χ4n) is 3.88. The molecule has 0 aliphatic heterocycles. The van der Waals surface area contributed by atoms with Crippen molar-refractivity contribution in [2.45, 2.75) is 44.3 Å². The maximum atomic E-state index is 14.5. The van der Waals surface area contributed by atoms with E-state index in [-0.39, 0.29) is 29.6 Å². The second-order valence-corrected chi connectivity index (χ2v) is 8.35. The van der Waals surface area contributed by atoms with E-state index < -0.39 is 17.5 Å². The standard InChI is InChI=1S/C20H24F3N5.C4H9N3O/c1-24-11-18(23)20(28-15-5-3-4-14(8-15)25-2)27-10-12-9-26-19-16(12)6-13(21)7-17(19)22;1-7(6)2-4(5)3-8/h6-7,9,11,14-15,25-26H,1,3-5,8,10H2,2H3,(H,27,28);2-3H,5-6H2,1H3/b18-11+;4-2-/t14-,15+;/m1./s1. The molecule has 7 N–H and O–H groups in total. The lowest BCUT2D eigenvalue weighted by atomic mass is 9.91. The molecule has 1 saturated carbocycles. The Kier molecular flexibility index (Phi) is 11.2. The normalized spacial score (nSPS) is 18.9. The first kappa shape index (κ1) is 28.6. The summed E-state index contributed by atoms with van der Waals surface area (Å²) in [6, 6.07) is 2.50. The molecular weight excluding hydrogens is 473 g/mol. The van der Waals surface area contributed by atoms with Crippen molar-refractivity contribution in [3.63, 3.8) is 0 Å². The number of H-pyrrole nitrogens is 1. The van der Waals surface area contributed by atoms with Crippen LogP contribution in [0.3, 0.4) is 0 Å². The van der Waals surface area contributed by atoms with Gasteiger partial charge in [0.05, 0.1) is 24.0 Å². The Hall–Kier alpha value is -3.64. The number of benzene rings is 1. The van der Waals surface area contributed by atoms with Crippen molar-refractivity contribution in [2.24, 2.45) is 21.6 Å². The maximum absolute atomic E-state index is 14.5. The number of aliphatic imine (C=N–C) groups is 2. The smallest absolute Gasteiger partial charge is 0.183 e. The van der Waals surface area contributed by atoms with Crippen LogP contribution in [0.1, 0.15) is 31.2 Å². The number of nitrogens with two attached hydrogens (primary N) is 2. The van der Waals surface area contributed by atoms with Gasteiger partial charge in [0.2, 0.25) is 0 Å². The van der Waals surface area contributed by atoms with Crippen LogP contribution in [0.5, 0.6) is 0 Å². The van der Waals surface area contributed by atoms with Crippen LogP contribution in [0.25, 0.3) is 10.9 Å². The second-order valence-electron chi connectivity index (χ2n) is 8.35. The molecule has 1 aromatic carbocycles. The predicted octanol–water partition coefficient (Wildman–Crippen LogP) is 2.77. The highest BCUT2D eigenvalue weighted by Gasteiger charge is 2.22. The number of carbonyl (C=O) groups excluding carboxylic acids is 1. The average Bonchev–Trinajstić information content (AvgIpc) is 3.25. The number of hydrogen-bond acceptors (Lipinski definition) is 7. The van der Waals surface area contributed by atoms with Crippen molar-refractivity contribution < 1.29 is 18.0 Å². The molecule has 196 valence electrons. The quantitative estimate of drug-likeness (QED) is 0.0933. The highest BCUT2D eigenvalue weighted by atomic mass is 19.1. The lowest BCUT2D eigenvalue weighted by Gasteiger charge is -2.30. The van der Waals surface area contributed by atoms with Crippen molar-refractivity contribution in [3.05, 3.63) is 59.5 Å². The van der Waals surface area contributed by atoms with Gasteiger partial charge in [-0.1, -0.05) is 0 Å². The third-order valence-electron chi connectivity index (χ3n) is 5.54. The Labute approximate surface area is 208 Å². The molecule has 1 aliphatic carbocycles. The van der Waals surface area contributed by atoms with Crippen molar-refractivity contribution in [3.8, 4) is 0 Å². The molecule has 1 fully saturated rings. The molecule has 2 aromatic rings. The molecule has 1 heterocycles. The van der Waals surface area contributed by atoms with E-state index in [0.29, 0.717) is 23.3 Å². The number of fused-ring (bicyclic) bond motifs is 1. The Morgan fingerprint density at radius 1 is 1.33 bits per heavy atom. The van der Waals surface area contributed by atoms with Crippen molar-refractivity contribution in [1.82, 2.24) is 20.6 Å². The summed E-state index contributed by atoms with van der Waals surface area (Å²) in [4.78, 5) is 20.3. The Morgan fingerprint density at radius 2 is 2.06 bits per heavy atom. The van der Waals surface area contributed by atoms with E-state index in [2.05, 4.69) is 32.3 Å². The monoisotopic (exact) mass is 506 g/mol. The molecule has 0 bridgehead atoms. The molecule has 1 aliphatic rings. The number of aromatic nitrogens is 1. The summed E-state index contributed by atoms with van der Waals surface area (Å²) in [5.41, 5.74) is 5.94. The minimum Gasteiger partial charge on any atom is -0.395 e. The van der Waals surface area contributed by atoms with Gasteiger partial charge in [0.15, 0.2) is 17.9 Å². The summed E-state index contributed by atoms with van der Waals surface area (Å²) in [7, 11) is 3.50. The van der Waals surface area contributed by atoms with Gasteiger partial charge in [0.1, 0.15) is 11.6 Å². The third kappa shape index (κ3) is 8.54. The van der Waals surface area contributed by atoms with Crippen LogP contribution in [0.2, 0.25) is 0 Å². The highest BCUT2D eigenvalue weighted by molar-refractivity contribution is 5.96. The number of aromatic amines is 1. The topological polar surface area (TPSA) is 137 Å². The summed E-state index contributed by atoms with van der Waals surface area (Å²) in [6.07, 6.45) is 8.29. The van der Waals surface area contributed by atoms with E-state index >= 15 is 0 Å². The molecule has 36 heavy (non-hydrogen) atoms. The molecule has 0 saturated heterocycles. The minimum absolute atomic E-state index is 0.0613. The van der Waals surface area contributed by atoms with Gasteiger partial charge in [-0.05, 0) is 51.1 Å². The van der Waals surface area contributed by atoms with E-state index in [1.54, 1.807) is 13.2 Å². The van der Waals surface area contributed by atoms with Crippen LogP contribution < -0.4 is 22.2 Å². The number of rotatable bonds is 8. The summed E-state index contributed by atoms with van der Waals surface area (Å²) in [6.45, 7) is 3.34. The molecule has 0 radical (unpaired) electrons. The number of nitrogens with zero attached hydrogens (tertiary/aromatic N) is 3. The number of allylic oxidation sites excluding steroid dienone is 1. The Morgan fingerprint density at radius 3 is 2.67 bits per heavy atom. The van der Waals surface area contributed by atoms with Gasteiger partial charge >= 0.3 is 0 Å². The number of hydrazine groups is 1. The van der Waals surface area contributed by atoms with Crippen LogP contribution in [-0.4, -0.2) is 55.0 Å². The van der Waals surface area contributed by atoms with Crippen LogP contribution in [0.15, 0.2) is 52.2 Å². The lowest BCUT2D eigenvalue weighted by Crippen LogP contribution is -2.43. The number of aldehydes is 1. The van der Waals surface area contributed by atoms with E-state index in [4.69, 9.17) is 11.6 Å². The number of nitrogens with one attached hydrogen (secondary N) is 3. The molecule has 12 heteroatoms. The van der Waals surface area contributed by atoms with Gasteiger partial charge in [-0.25, -0.2) is 19.0 Å². The summed E-state index contributed by atoms with van der Waals surface area (Å²) in [5.74, 6) is 3.18. The van der Waals surface area contributed by atoms with Crippen molar-refractivity contribution >= 4 is 29.7 Å². The zero-order valence-corrected chi connectivity index (χ0v) is 20.4. The zero-order valence-electron chi connectivity index (χ0n) is 20.4.